The van der Waals surface area contributed by atoms with Crippen LogP contribution in [0.5, 0.6) is 0 Å². The van der Waals surface area contributed by atoms with Gasteiger partial charge in [-0.2, -0.15) is 0 Å². The van der Waals surface area contributed by atoms with E-state index in [9.17, 15) is 14.7 Å². The lowest BCUT2D eigenvalue weighted by molar-refractivity contribution is -0.141. The van der Waals surface area contributed by atoms with Crippen LogP contribution >= 0.6 is 0 Å². The van der Waals surface area contributed by atoms with E-state index in [1.54, 1.807) is 13.8 Å². The minimum atomic E-state index is -0.836. The van der Waals surface area contributed by atoms with Gasteiger partial charge in [-0.3, -0.25) is 14.5 Å². The van der Waals surface area contributed by atoms with Gasteiger partial charge in [-0.05, 0) is 17.0 Å². The summed E-state index contributed by atoms with van der Waals surface area (Å²) in [5.74, 6) is -0.545. The van der Waals surface area contributed by atoms with E-state index in [0.29, 0.717) is 5.92 Å². The van der Waals surface area contributed by atoms with Crippen LogP contribution < -0.4 is 0 Å². The van der Waals surface area contributed by atoms with Crippen LogP contribution in [0, 0.1) is 11.8 Å². The second-order valence-corrected chi connectivity index (χ2v) is 6.20. The van der Waals surface area contributed by atoms with Crippen LogP contribution in [0.15, 0.2) is 24.3 Å². The molecule has 114 valence electrons. The van der Waals surface area contributed by atoms with Gasteiger partial charge in [-0.25, -0.2) is 0 Å². The van der Waals surface area contributed by atoms with E-state index in [1.165, 1.54) is 10.5 Å². The number of imide groups is 1. The van der Waals surface area contributed by atoms with Crippen LogP contribution in [-0.4, -0.2) is 28.4 Å². The monoisotopic (exact) mass is 289 g/mol. The molecule has 1 heterocycles. The van der Waals surface area contributed by atoms with Crippen LogP contribution in [0.25, 0.3) is 0 Å². The molecule has 1 aliphatic heterocycles. The Morgan fingerprint density at radius 1 is 1.00 bits per heavy atom. The van der Waals surface area contributed by atoms with Crippen molar-refractivity contribution in [1.82, 2.24) is 4.90 Å². The molecule has 21 heavy (non-hydrogen) atoms. The summed E-state index contributed by atoms with van der Waals surface area (Å²) in [5, 5.41) is 10.3. The van der Waals surface area contributed by atoms with Gasteiger partial charge in [0.2, 0.25) is 11.8 Å². The highest BCUT2D eigenvalue weighted by atomic mass is 16.3. The molecule has 0 radical (unpaired) electrons. The molecule has 3 atom stereocenters. The third-order valence-corrected chi connectivity index (χ3v) is 4.40. The summed E-state index contributed by atoms with van der Waals surface area (Å²) in [6.45, 7) is 7.77. The molecule has 1 aromatic rings. The Kier molecular flexibility index (Phi) is 4.47. The van der Waals surface area contributed by atoms with Crippen molar-refractivity contribution >= 4 is 11.8 Å². The zero-order valence-electron chi connectivity index (χ0n) is 13.0. The van der Waals surface area contributed by atoms with Crippen molar-refractivity contribution in [2.45, 2.75) is 39.7 Å². The minimum absolute atomic E-state index is 0.0351. The van der Waals surface area contributed by atoms with Crippen LogP contribution in [0.1, 0.15) is 50.8 Å². The van der Waals surface area contributed by atoms with E-state index in [4.69, 9.17) is 0 Å². The normalized spacial score (nSPS) is 24.0. The first-order valence-electron chi connectivity index (χ1n) is 7.46. The van der Waals surface area contributed by atoms with Crippen molar-refractivity contribution < 1.29 is 14.7 Å². The van der Waals surface area contributed by atoms with Crippen LogP contribution in [-0.2, 0) is 9.59 Å². The van der Waals surface area contributed by atoms with Gasteiger partial charge in [-0.1, -0.05) is 52.0 Å². The Hall–Kier alpha value is -1.68. The first-order valence-corrected chi connectivity index (χ1v) is 7.46. The second-order valence-electron chi connectivity index (χ2n) is 6.20. The largest absolute Gasteiger partial charge is 0.387 e. The number of aliphatic hydroxyl groups is 1. The maximum atomic E-state index is 12.0. The van der Waals surface area contributed by atoms with Crippen molar-refractivity contribution in [2.24, 2.45) is 11.8 Å². The molecule has 1 saturated heterocycles. The summed E-state index contributed by atoms with van der Waals surface area (Å²) in [5.41, 5.74) is 1.92. The van der Waals surface area contributed by atoms with Crippen LogP contribution in [0.4, 0.5) is 0 Å². The summed E-state index contributed by atoms with van der Waals surface area (Å²) in [7, 11) is 0. The highest BCUT2D eigenvalue weighted by Gasteiger charge is 2.42. The quantitative estimate of drug-likeness (QED) is 0.866. The SMILES string of the molecule is CC(C)c1ccc(C(O)CN2C(=O)C(C)C(C)C2=O)cc1. The highest BCUT2D eigenvalue weighted by Crippen LogP contribution is 2.28. The van der Waals surface area contributed by atoms with Gasteiger partial charge in [0.15, 0.2) is 0 Å². The summed E-state index contributed by atoms with van der Waals surface area (Å²) in [6.07, 6.45) is -0.836. The Balaban J connectivity index is 2.09. The molecule has 1 aliphatic rings. The lowest BCUT2D eigenvalue weighted by atomic mass is 10.00. The molecule has 0 bridgehead atoms. The van der Waals surface area contributed by atoms with Gasteiger partial charge >= 0.3 is 0 Å². The second kappa shape index (κ2) is 5.98. The molecule has 1 N–H and O–H groups in total. The summed E-state index contributed by atoms with van der Waals surface area (Å²) in [4.78, 5) is 25.3. The van der Waals surface area contributed by atoms with Gasteiger partial charge in [0.05, 0.1) is 12.6 Å². The third kappa shape index (κ3) is 3.00. The number of β-amino-alcohol motifs (C(OH)–C–C–N with tert-alkyl or cyclic N) is 1. The maximum absolute atomic E-state index is 12.0. The number of aliphatic hydroxyl groups excluding tert-OH is 1. The fourth-order valence-electron chi connectivity index (χ4n) is 2.59. The molecular weight excluding hydrogens is 266 g/mol. The molecule has 0 spiro atoms. The smallest absolute Gasteiger partial charge is 0.232 e. The number of hydrogen-bond donors (Lipinski definition) is 1. The fraction of sp³-hybridized carbons (Fsp3) is 0.529. The zero-order valence-corrected chi connectivity index (χ0v) is 13.0. The van der Waals surface area contributed by atoms with Crippen molar-refractivity contribution in [2.75, 3.05) is 6.54 Å². The Bertz CT molecular complexity index is 515. The molecule has 2 amide bonds. The van der Waals surface area contributed by atoms with E-state index in [0.717, 1.165) is 5.56 Å². The van der Waals surface area contributed by atoms with Crippen molar-refractivity contribution in [3.63, 3.8) is 0 Å². The van der Waals surface area contributed by atoms with Gasteiger partial charge < -0.3 is 5.11 Å². The Morgan fingerprint density at radius 3 is 1.86 bits per heavy atom. The molecule has 4 heteroatoms. The van der Waals surface area contributed by atoms with Gasteiger partial charge in [0.25, 0.3) is 0 Å². The van der Waals surface area contributed by atoms with E-state index in [1.807, 2.05) is 24.3 Å². The highest BCUT2D eigenvalue weighted by molar-refractivity contribution is 6.04. The fourth-order valence-corrected chi connectivity index (χ4v) is 2.59. The topological polar surface area (TPSA) is 57.6 Å². The van der Waals surface area contributed by atoms with Gasteiger partial charge in [0.1, 0.15) is 0 Å². The van der Waals surface area contributed by atoms with Crippen molar-refractivity contribution in [3.05, 3.63) is 35.4 Å². The summed E-state index contributed by atoms with van der Waals surface area (Å²) >= 11 is 0. The number of hydrogen-bond acceptors (Lipinski definition) is 3. The lowest BCUT2D eigenvalue weighted by Gasteiger charge is -2.19. The van der Waals surface area contributed by atoms with Crippen molar-refractivity contribution in [1.29, 1.82) is 0 Å². The summed E-state index contributed by atoms with van der Waals surface area (Å²) in [6, 6.07) is 7.67. The third-order valence-electron chi connectivity index (χ3n) is 4.40. The molecule has 0 aromatic heterocycles. The molecule has 2 rings (SSSR count). The van der Waals surface area contributed by atoms with Crippen LogP contribution in [0.3, 0.4) is 0 Å². The molecule has 4 nitrogen and oxygen atoms in total. The maximum Gasteiger partial charge on any atom is 0.232 e. The van der Waals surface area contributed by atoms with Crippen LogP contribution in [0.2, 0.25) is 0 Å². The van der Waals surface area contributed by atoms with E-state index in [2.05, 4.69) is 13.8 Å². The number of nitrogens with zero attached hydrogens (tertiary/aromatic N) is 1. The number of rotatable bonds is 4. The molecule has 3 unspecified atom stereocenters. The van der Waals surface area contributed by atoms with E-state index in [-0.39, 0.29) is 30.2 Å². The summed E-state index contributed by atoms with van der Waals surface area (Å²) < 4.78 is 0. The molecule has 1 aromatic carbocycles. The lowest BCUT2D eigenvalue weighted by Crippen LogP contribution is -2.34. The van der Waals surface area contributed by atoms with Crippen molar-refractivity contribution in [3.8, 4) is 0 Å². The van der Waals surface area contributed by atoms with Gasteiger partial charge in [0, 0.05) is 11.8 Å². The van der Waals surface area contributed by atoms with Gasteiger partial charge in [-0.15, -0.1) is 0 Å². The number of carbonyl (C=O) groups is 2. The number of carbonyl (C=O) groups excluding carboxylic acids is 2. The zero-order chi connectivity index (χ0) is 15.7. The predicted molar refractivity (Wildman–Crippen MR) is 80.5 cm³/mol. The first kappa shape index (κ1) is 15.7. The average Bonchev–Trinajstić information content (AvgIpc) is 2.65. The first-order chi connectivity index (χ1) is 9.82. The molecular formula is C17H23NO3. The Labute approximate surface area is 125 Å². The number of amides is 2. The molecule has 0 aliphatic carbocycles. The van der Waals surface area contributed by atoms with E-state index < -0.39 is 6.10 Å². The average molecular weight is 289 g/mol. The van der Waals surface area contributed by atoms with E-state index >= 15 is 0 Å². The minimum Gasteiger partial charge on any atom is -0.387 e. The predicted octanol–water partition coefficient (Wildman–Crippen LogP) is 2.48. The molecule has 1 fully saturated rings. The number of benzene rings is 1. The standard InChI is InChI=1S/C17H23NO3/c1-10(2)13-5-7-14(8-6-13)15(19)9-18-16(20)11(3)12(4)17(18)21/h5-8,10-12,15,19H,9H2,1-4H3. The Morgan fingerprint density at radius 2 is 1.43 bits per heavy atom. The molecule has 0 saturated carbocycles. The number of likely N-dealkylation sites (tertiary alicyclic amines) is 1.